The molecule has 1 aliphatic carbocycles. The summed E-state index contributed by atoms with van der Waals surface area (Å²) in [5.41, 5.74) is 9.14. The van der Waals surface area contributed by atoms with Gasteiger partial charge >= 0.3 is 0 Å². The molecule has 0 spiro atoms. The Hall–Kier alpha value is -2.00. The Kier molecular flexibility index (Phi) is 7.32. The Morgan fingerprint density at radius 3 is 2.52 bits per heavy atom. The van der Waals surface area contributed by atoms with Crippen LogP contribution in [0, 0.1) is 5.92 Å². The molecule has 1 amide bonds. The molecule has 2 aromatic carbocycles. The Morgan fingerprint density at radius 2 is 1.76 bits per heavy atom. The third-order valence-corrected chi connectivity index (χ3v) is 5.02. The van der Waals surface area contributed by atoms with Crippen LogP contribution in [-0.2, 0) is 17.6 Å². The number of nitrogens with two attached hydrogens (primary N) is 1. The molecule has 25 heavy (non-hydrogen) atoms. The minimum absolute atomic E-state index is 0. The van der Waals surface area contributed by atoms with Crippen molar-refractivity contribution in [1.82, 2.24) is 5.32 Å². The normalized spacial score (nSPS) is 19.2. The number of benzene rings is 2. The van der Waals surface area contributed by atoms with Crippen molar-refractivity contribution in [3.8, 4) is 0 Å². The number of carbonyl (C=O) groups is 1. The molecule has 0 aliphatic heterocycles. The number of nitrogens with one attached hydrogen (secondary N) is 1. The van der Waals surface area contributed by atoms with Gasteiger partial charge in [-0.15, -0.1) is 12.4 Å². The van der Waals surface area contributed by atoms with E-state index in [-0.39, 0.29) is 18.3 Å². The largest absolute Gasteiger partial charge is 0.399 e. The van der Waals surface area contributed by atoms with Crippen LogP contribution in [0.1, 0.15) is 36.8 Å². The number of hydrogen-bond donors (Lipinski definition) is 2. The molecule has 0 heterocycles. The smallest absolute Gasteiger partial charge is 0.220 e. The van der Waals surface area contributed by atoms with Crippen LogP contribution in [0.4, 0.5) is 5.69 Å². The Morgan fingerprint density at radius 1 is 1.04 bits per heavy atom. The maximum Gasteiger partial charge on any atom is 0.220 e. The second-order valence-electron chi connectivity index (χ2n) is 6.75. The van der Waals surface area contributed by atoms with E-state index in [4.69, 9.17) is 5.73 Å². The summed E-state index contributed by atoms with van der Waals surface area (Å²) in [5.74, 6) is 0.696. The van der Waals surface area contributed by atoms with Crippen molar-refractivity contribution in [2.75, 3.05) is 5.73 Å². The van der Waals surface area contributed by atoms with E-state index in [0.717, 1.165) is 24.1 Å². The lowest BCUT2D eigenvalue weighted by Gasteiger charge is -2.21. The highest BCUT2D eigenvalue weighted by atomic mass is 35.5. The van der Waals surface area contributed by atoms with Gasteiger partial charge in [-0.1, -0.05) is 55.0 Å². The second-order valence-corrected chi connectivity index (χ2v) is 6.75. The predicted molar refractivity (Wildman–Crippen MR) is 106 cm³/mol. The van der Waals surface area contributed by atoms with Crippen molar-refractivity contribution >= 4 is 24.0 Å². The molecule has 1 fully saturated rings. The molecule has 0 bridgehead atoms. The summed E-state index contributed by atoms with van der Waals surface area (Å²) in [6, 6.07) is 18.7. The Balaban J connectivity index is 0.00000225. The third-order valence-electron chi connectivity index (χ3n) is 5.02. The van der Waals surface area contributed by atoms with E-state index in [1.54, 1.807) is 0 Å². The summed E-state index contributed by atoms with van der Waals surface area (Å²) in [6.45, 7) is 0. The maximum absolute atomic E-state index is 12.3. The Labute approximate surface area is 156 Å². The molecule has 3 N–H and O–H groups in total. The van der Waals surface area contributed by atoms with Gasteiger partial charge in [-0.2, -0.15) is 0 Å². The van der Waals surface area contributed by atoms with Crippen molar-refractivity contribution in [1.29, 1.82) is 0 Å². The number of halogens is 1. The lowest BCUT2D eigenvalue weighted by atomic mass is 9.94. The Bertz CT molecular complexity index is 675. The van der Waals surface area contributed by atoms with Gasteiger partial charge in [0.25, 0.3) is 0 Å². The first-order valence-electron chi connectivity index (χ1n) is 8.89. The topological polar surface area (TPSA) is 55.1 Å². The number of rotatable bonds is 6. The van der Waals surface area contributed by atoms with Gasteiger partial charge in [0.05, 0.1) is 0 Å². The van der Waals surface area contributed by atoms with Crippen LogP contribution in [0.3, 0.4) is 0 Å². The maximum atomic E-state index is 12.3. The first kappa shape index (κ1) is 19.3. The first-order valence-corrected chi connectivity index (χ1v) is 8.89. The monoisotopic (exact) mass is 358 g/mol. The van der Waals surface area contributed by atoms with Gasteiger partial charge in [-0.3, -0.25) is 4.79 Å². The average molecular weight is 359 g/mol. The number of hydrogen-bond acceptors (Lipinski definition) is 2. The SMILES string of the molecule is Cl.Nc1ccccc1CCC(=O)NC1CCCC1Cc1ccccc1. The molecule has 0 aromatic heterocycles. The summed E-state index contributed by atoms with van der Waals surface area (Å²) in [7, 11) is 0. The highest BCUT2D eigenvalue weighted by molar-refractivity contribution is 5.85. The quantitative estimate of drug-likeness (QED) is 0.762. The highest BCUT2D eigenvalue weighted by Gasteiger charge is 2.28. The minimum atomic E-state index is 0. The molecular formula is C21H27ClN2O. The molecule has 1 aliphatic rings. The van der Waals surface area contributed by atoms with E-state index in [2.05, 4.69) is 29.6 Å². The molecule has 3 nitrogen and oxygen atoms in total. The van der Waals surface area contributed by atoms with Crippen LogP contribution in [-0.4, -0.2) is 11.9 Å². The molecule has 1 saturated carbocycles. The number of carbonyl (C=O) groups excluding carboxylic acids is 1. The van der Waals surface area contributed by atoms with Crippen molar-refractivity contribution < 1.29 is 4.79 Å². The van der Waals surface area contributed by atoms with E-state index in [9.17, 15) is 4.79 Å². The lowest BCUT2D eigenvalue weighted by molar-refractivity contribution is -0.122. The number of anilines is 1. The lowest BCUT2D eigenvalue weighted by Crippen LogP contribution is -2.38. The summed E-state index contributed by atoms with van der Waals surface area (Å²) < 4.78 is 0. The van der Waals surface area contributed by atoms with Gasteiger partial charge in [0.1, 0.15) is 0 Å². The summed E-state index contributed by atoms with van der Waals surface area (Å²) >= 11 is 0. The van der Waals surface area contributed by atoms with Crippen molar-refractivity contribution in [2.24, 2.45) is 5.92 Å². The number of nitrogen functional groups attached to an aromatic ring is 1. The summed E-state index contributed by atoms with van der Waals surface area (Å²) in [5, 5.41) is 3.26. The van der Waals surface area contributed by atoms with E-state index < -0.39 is 0 Å². The molecule has 2 unspecified atom stereocenters. The number of aryl methyl sites for hydroxylation is 1. The van der Waals surface area contributed by atoms with E-state index >= 15 is 0 Å². The third kappa shape index (κ3) is 5.50. The van der Waals surface area contributed by atoms with Crippen LogP contribution < -0.4 is 11.1 Å². The van der Waals surface area contributed by atoms with Crippen molar-refractivity contribution in [2.45, 2.75) is 44.6 Å². The molecule has 4 heteroatoms. The summed E-state index contributed by atoms with van der Waals surface area (Å²) in [6.07, 6.45) is 5.75. The molecule has 134 valence electrons. The van der Waals surface area contributed by atoms with Crippen LogP contribution in [0.5, 0.6) is 0 Å². The van der Waals surface area contributed by atoms with Crippen LogP contribution >= 0.6 is 12.4 Å². The fourth-order valence-electron chi connectivity index (χ4n) is 3.68. The highest BCUT2D eigenvalue weighted by Crippen LogP contribution is 2.29. The van der Waals surface area contributed by atoms with Gasteiger partial charge in [-0.05, 0) is 48.8 Å². The summed E-state index contributed by atoms with van der Waals surface area (Å²) in [4.78, 5) is 12.3. The zero-order valence-corrected chi connectivity index (χ0v) is 15.3. The number of amides is 1. The van der Waals surface area contributed by atoms with Crippen molar-refractivity contribution in [3.63, 3.8) is 0 Å². The molecule has 3 rings (SSSR count). The molecule has 2 atom stereocenters. The minimum Gasteiger partial charge on any atom is -0.399 e. The molecular weight excluding hydrogens is 332 g/mol. The first-order chi connectivity index (χ1) is 11.7. The average Bonchev–Trinajstić information content (AvgIpc) is 3.02. The van der Waals surface area contributed by atoms with Crippen LogP contribution in [0.25, 0.3) is 0 Å². The zero-order valence-electron chi connectivity index (χ0n) is 14.5. The fraction of sp³-hybridized carbons (Fsp3) is 0.381. The molecule has 0 radical (unpaired) electrons. The molecule has 2 aromatic rings. The van der Waals surface area contributed by atoms with Crippen LogP contribution in [0.2, 0.25) is 0 Å². The van der Waals surface area contributed by atoms with Gasteiger partial charge in [-0.25, -0.2) is 0 Å². The van der Waals surface area contributed by atoms with E-state index in [1.165, 1.54) is 18.4 Å². The predicted octanol–water partition coefficient (Wildman–Crippen LogP) is 4.15. The molecule has 0 saturated heterocycles. The van der Waals surface area contributed by atoms with E-state index in [1.807, 2.05) is 30.3 Å². The number of para-hydroxylation sites is 1. The standard InChI is InChI=1S/C21H26N2O.ClH/c22-19-11-5-4-9-17(19)13-14-21(24)23-20-12-6-10-18(20)15-16-7-2-1-3-8-16;/h1-5,7-9,11,18,20H,6,10,12-15,22H2,(H,23,24);1H. The van der Waals surface area contributed by atoms with Gasteiger partial charge in [0, 0.05) is 18.2 Å². The van der Waals surface area contributed by atoms with Gasteiger partial charge in [0.15, 0.2) is 0 Å². The van der Waals surface area contributed by atoms with Crippen molar-refractivity contribution in [3.05, 3.63) is 65.7 Å². The fourth-order valence-corrected chi connectivity index (χ4v) is 3.68. The zero-order chi connectivity index (χ0) is 16.8. The second kappa shape index (κ2) is 9.47. The van der Waals surface area contributed by atoms with E-state index in [0.29, 0.717) is 24.8 Å². The van der Waals surface area contributed by atoms with Gasteiger partial charge in [0.2, 0.25) is 5.91 Å². The van der Waals surface area contributed by atoms with Crippen LogP contribution in [0.15, 0.2) is 54.6 Å². The van der Waals surface area contributed by atoms with Gasteiger partial charge < -0.3 is 11.1 Å².